The molecule has 0 saturated carbocycles. The Morgan fingerprint density at radius 2 is 1.93 bits per heavy atom. The maximum absolute atomic E-state index is 11.6. The first-order valence-corrected chi connectivity index (χ1v) is 7.89. The van der Waals surface area contributed by atoms with Crippen LogP contribution in [0.15, 0.2) is 44.3 Å². The van der Waals surface area contributed by atoms with Gasteiger partial charge in [-0.1, -0.05) is 6.07 Å². The summed E-state index contributed by atoms with van der Waals surface area (Å²) < 4.78 is 5.65. The Kier molecular flexibility index (Phi) is 4.77. The van der Waals surface area contributed by atoms with Gasteiger partial charge in [0, 0.05) is 5.56 Å². The van der Waals surface area contributed by atoms with E-state index in [-0.39, 0.29) is 11.3 Å². The summed E-state index contributed by atoms with van der Waals surface area (Å²) in [6, 6.07) is 7.82. The number of nitro groups is 1. The molecule has 10 nitrogen and oxygen atoms in total. The number of nitrogens with zero attached hydrogens (tertiary/aromatic N) is 1. The van der Waals surface area contributed by atoms with Crippen LogP contribution in [0.2, 0.25) is 0 Å². The third-order valence-corrected chi connectivity index (χ3v) is 3.91. The summed E-state index contributed by atoms with van der Waals surface area (Å²) in [5.74, 6) is -0.263. The topological polar surface area (TPSA) is 159 Å². The maximum Gasteiger partial charge on any atom is 0.357 e. The summed E-state index contributed by atoms with van der Waals surface area (Å²) in [4.78, 5) is 48.1. The number of furan rings is 1. The van der Waals surface area contributed by atoms with Crippen LogP contribution < -0.4 is 11.2 Å². The molecule has 2 aromatic heterocycles. The second kappa shape index (κ2) is 7.19. The minimum atomic E-state index is -1.11. The first-order chi connectivity index (χ1) is 13.3. The highest BCUT2D eigenvalue weighted by Crippen LogP contribution is 2.27. The molecule has 1 aromatic carbocycles. The molecular weight excluding hydrogens is 370 g/mol. The first kappa shape index (κ1) is 18.6. The summed E-state index contributed by atoms with van der Waals surface area (Å²) in [7, 11) is 0. The Labute approximate surface area is 155 Å². The van der Waals surface area contributed by atoms with Crippen molar-refractivity contribution in [3.63, 3.8) is 0 Å². The van der Waals surface area contributed by atoms with E-state index in [2.05, 4.69) is 4.98 Å². The van der Waals surface area contributed by atoms with Gasteiger partial charge < -0.3 is 14.5 Å². The van der Waals surface area contributed by atoms with E-state index in [0.29, 0.717) is 22.6 Å². The van der Waals surface area contributed by atoms with E-state index in [1.807, 2.05) is 0 Å². The Morgan fingerprint density at radius 3 is 2.57 bits per heavy atom. The van der Waals surface area contributed by atoms with Crippen LogP contribution in [-0.2, 0) is 0 Å². The quantitative estimate of drug-likeness (QED) is 0.450. The molecule has 0 saturated heterocycles. The average molecular weight is 383 g/mol. The number of hydrogen-bond donors (Lipinski definition) is 3. The van der Waals surface area contributed by atoms with Gasteiger partial charge in [-0.2, -0.15) is 0 Å². The molecule has 3 rings (SSSR count). The second-order valence-corrected chi connectivity index (χ2v) is 5.80. The summed E-state index contributed by atoms with van der Waals surface area (Å²) in [6.07, 6.45) is 2.56. The smallest absolute Gasteiger partial charge is 0.357 e. The molecule has 0 spiro atoms. The standard InChI is InChI=1S/C18H13N3O7/c1-9-8-10(17(23)24)2-5-12(9)14-7-4-11(28-14)3-6-13-15(21(26)27)16(22)20-18(25)19-13/h2-8H,1H3,(H,23,24)(H2,19,20,22,25). The summed E-state index contributed by atoms with van der Waals surface area (Å²) >= 11 is 0. The molecule has 0 unspecified atom stereocenters. The van der Waals surface area contributed by atoms with Crippen molar-refractivity contribution in [2.24, 2.45) is 0 Å². The minimum Gasteiger partial charge on any atom is -0.478 e. The Bertz CT molecular complexity index is 1230. The van der Waals surface area contributed by atoms with Gasteiger partial charge in [-0.25, -0.2) is 9.59 Å². The number of H-pyrrole nitrogens is 2. The van der Waals surface area contributed by atoms with Crippen molar-refractivity contribution in [1.29, 1.82) is 0 Å². The molecule has 0 aliphatic carbocycles. The third kappa shape index (κ3) is 3.65. The molecule has 10 heteroatoms. The number of aromatic amines is 2. The number of benzene rings is 1. The van der Waals surface area contributed by atoms with Gasteiger partial charge in [-0.05, 0) is 48.9 Å². The summed E-state index contributed by atoms with van der Waals surface area (Å²) in [5.41, 5.74) is -1.51. The van der Waals surface area contributed by atoms with Crippen LogP contribution in [0.4, 0.5) is 5.69 Å². The highest BCUT2D eigenvalue weighted by molar-refractivity contribution is 5.88. The van der Waals surface area contributed by atoms with Crippen molar-refractivity contribution in [3.8, 4) is 11.3 Å². The highest BCUT2D eigenvalue weighted by Gasteiger charge is 2.19. The molecule has 0 atom stereocenters. The Hall–Kier alpha value is -4.21. The lowest BCUT2D eigenvalue weighted by atomic mass is 10.0. The van der Waals surface area contributed by atoms with Crippen molar-refractivity contribution in [1.82, 2.24) is 9.97 Å². The van der Waals surface area contributed by atoms with Gasteiger partial charge in [0.2, 0.25) is 0 Å². The van der Waals surface area contributed by atoms with Crippen LogP contribution in [0, 0.1) is 17.0 Å². The van der Waals surface area contributed by atoms with Crippen LogP contribution in [0.25, 0.3) is 23.5 Å². The molecule has 3 aromatic rings. The zero-order valence-electron chi connectivity index (χ0n) is 14.4. The van der Waals surface area contributed by atoms with Crippen molar-refractivity contribution in [2.75, 3.05) is 0 Å². The molecule has 3 N–H and O–H groups in total. The van der Waals surface area contributed by atoms with Crippen molar-refractivity contribution >= 4 is 23.8 Å². The SMILES string of the molecule is Cc1cc(C(=O)O)ccc1-c1ccc(C=Cc2[nH]c(=O)[nH]c(=O)c2[N+](=O)[O-])o1. The van der Waals surface area contributed by atoms with Crippen LogP contribution in [0.5, 0.6) is 0 Å². The molecule has 0 radical (unpaired) electrons. The molecule has 0 bridgehead atoms. The van der Waals surface area contributed by atoms with Gasteiger partial charge in [0.1, 0.15) is 17.2 Å². The predicted octanol–water partition coefficient (Wildman–Crippen LogP) is 2.41. The van der Waals surface area contributed by atoms with Gasteiger partial charge in [-0.3, -0.25) is 19.9 Å². The molecular formula is C18H13N3O7. The molecule has 0 aliphatic heterocycles. The van der Waals surface area contributed by atoms with E-state index < -0.39 is 27.8 Å². The lowest BCUT2D eigenvalue weighted by Crippen LogP contribution is -2.25. The molecule has 28 heavy (non-hydrogen) atoms. The second-order valence-electron chi connectivity index (χ2n) is 5.80. The van der Waals surface area contributed by atoms with E-state index in [1.165, 1.54) is 24.3 Å². The largest absolute Gasteiger partial charge is 0.478 e. The van der Waals surface area contributed by atoms with Gasteiger partial charge in [0.15, 0.2) is 0 Å². The third-order valence-electron chi connectivity index (χ3n) is 3.91. The summed E-state index contributed by atoms with van der Waals surface area (Å²) in [5, 5.41) is 20.1. The molecule has 2 heterocycles. The van der Waals surface area contributed by atoms with E-state index in [0.717, 1.165) is 0 Å². The minimum absolute atomic E-state index is 0.151. The van der Waals surface area contributed by atoms with Gasteiger partial charge >= 0.3 is 22.9 Å². The number of nitrogens with one attached hydrogen (secondary N) is 2. The fourth-order valence-corrected chi connectivity index (χ4v) is 2.63. The number of carbonyl (C=O) groups is 1. The number of hydrogen-bond acceptors (Lipinski definition) is 6. The van der Waals surface area contributed by atoms with Crippen molar-refractivity contribution < 1.29 is 19.2 Å². The number of carboxylic acids is 1. The Balaban J connectivity index is 1.94. The number of carboxylic acid groups (broad SMARTS) is 1. The highest BCUT2D eigenvalue weighted by atomic mass is 16.6. The predicted molar refractivity (Wildman–Crippen MR) is 99.1 cm³/mol. The number of aromatic carboxylic acids is 1. The van der Waals surface area contributed by atoms with Crippen LogP contribution in [0.1, 0.15) is 27.4 Å². The maximum atomic E-state index is 11.6. The van der Waals surface area contributed by atoms with E-state index in [1.54, 1.807) is 30.1 Å². The average Bonchev–Trinajstić information content (AvgIpc) is 3.07. The molecule has 0 amide bonds. The molecule has 0 aliphatic rings. The van der Waals surface area contributed by atoms with Crippen molar-refractivity contribution in [3.05, 3.63) is 83.9 Å². The Morgan fingerprint density at radius 1 is 1.18 bits per heavy atom. The van der Waals surface area contributed by atoms with Crippen LogP contribution >= 0.6 is 0 Å². The number of rotatable bonds is 5. The van der Waals surface area contributed by atoms with Crippen LogP contribution in [-0.4, -0.2) is 26.0 Å². The fourth-order valence-electron chi connectivity index (χ4n) is 2.63. The molecule has 0 fully saturated rings. The summed E-state index contributed by atoms with van der Waals surface area (Å²) in [6.45, 7) is 1.74. The zero-order valence-corrected chi connectivity index (χ0v) is 14.4. The normalized spacial score (nSPS) is 11.0. The van der Waals surface area contributed by atoms with Gasteiger partial charge in [0.25, 0.3) is 0 Å². The fraction of sp³-hybridized carbons (Fsp3) is 0.0556. The number of aryl methyl sites for hydroxylation is 1. The lowest BCUT2D eigenvalue weighted by Gasteiger charge is -2.03. The molecule has 142 valence electrons. The van der Waals surface area contributed by atoms with Gasteiger partial charge in [-0.15, -0.1) is 0 Å². The first-order valence-electron chi connectivity index (χ1n) is 7.89. The van der Waals surface area contributed by atoms with Gasteiger partial charge in [0.05, 0.1) is 10.5 Å². The van der Waals surface area contributed by atoms with E-state index >= 15 is 0 Å². The van der Waals surface area contributed by atoms with E-state index in [9.17, 15) is 24.5 Å². The van der Waals surface area contributed by atoms with E-state index in [4.69, 9.17) is 9.52 Å². The van der Waals surface area contributed by atoms with Crippen molar-refractivity contribution in [2.45, 2.75) is 6.92 Å². The van der Waals surface area contributed by atoms with Crippen LogP contribution in [0.3, 0.4) is 0 Å². The zero-order chi connectivity index (χ0) is 20.4. The lowest BCUT2D eigenvalue weighted by molar-refractivity contribution is -0.386. The monoisotopic (exact) mass is 383 g/mol. The number of aromatic nitrogens is 2.